The van der Waals surface area contributed by atoms with Crippen LogP contribution in [0, 0.1) is 11.7 Å². The van der Waals surface area contributed by atoms with Crippen LogP contribution in [0.2, 0.25) is 0 Å². The molecule has 15 heavy (non-hydrogen) atoms. The lowest BCUT2D eigenvalue weighted by atomic mass is 9.65. The minimum atomic E-state index is -0.103. The fourth-order valence-corrected chi connectivity index (χ4v) is 2.87. The maximum Gasteiger partial charge on any atom is 0.126 e. The van der Waals surface area contributed by atoms with Crippen LogP contribution in [0.5, 0.6) is 0 Å². The second-order valence-electron chi connectivity index (χ2n) is 4.24. The molecule has 2 N–H and O–H groups in total. The van der Waals surface area contributed by atoms with E-state index < -0.39 is 0 Å². The highest BCUT2D eigenvalue weighted by Gasteiger charge is 2.39. The molecule has 0 aliphatic heterocycles. The second kappa shape index (κ2) is 4.22. The van der Waals surface area contributed by atoms with Gasteiger partial charge in [-0.3, -0.25) is 0 Å². The Morgan fingerprint density at radius 1 is 1.53 bits per heavy atom. The van der Waals surface area contributed by atoms with E-state index in [0.717, 1.165) is 22.9 Å². The van der Waals surface area contributed by atoms with Crippen molar-refractivity contribution in [2.45, 2.75) is 31.7 Å². The lowest BCUT2D eigenvalue weighted by Gasteiger charge is -2.42. The molecule has 0 aromatic heterocycles. The second-order valence-corrected chi connectivity index (χ2v) is 5.16. The Morgan fingerprint density at radius 2 is 2.27 bits per heavy atom. The molecule has 1 aliphatic rings. The van der Waals surface area contributed by atoms with E-state index in [-0.39, 0.29) is 11.9 Å². The predicted molar refractivity (Wildman–Crippen MR) is 63.2 cm³/mol. The summed E-state index contributed by atoms with van der Waals surface area (Å²) in [6.07, 6.45) is 1.93. The number of nitrogens with two attached hydrogens (primary N) is 1. The van der Waals surface area contributed by atoms with E-state index in [1.807, 2.05) is 6.07 Å². The van der Waals surface area contributed by atoms with E-state index in [2.05, 4.69) is 22.9 Å². The van der Waals surface area contributed by atoms with E-state index >= 15 is 0 Å². The van der Waals surface area contributed by atoms with Gasteiger partial charge in [-0.1, -0.05) is 29.3 Å². The highest BCUT2D eigenvalue weighted by Crippen LogP contribution is 2.44. The molecular formula is C12H15BrFN. The highest BCUT2D eigenvalue weighted by atomic mass is 79.9. The molecule has 1 aromatic carbocycles. The average molecular weight is 272 g/mol. The van der Waals surface area contributed by atoms with Crippen molar-refractivity contribution in [2.75, 3.05) is 0 Å². The van der Waals surface area contributed by atoms with Gasteiger partial charge < -0.3 is 5.73 Å². The van der Waals surface area contributed by atoms with Crippen molar-refractivity contribution in [3.8, 4) is 0 Å². The van der Waals surface area contributed by atoms with Crippen molar-refractivity contribution < 1.29 is 4.39 Å². The molecule has 3 heteroatoms. The number of halogens is 2. The Hall–Kier alpha value is -0.410. The van der Waals surface area contributed by atoms with Gasteiger partial charge in [-0.25, -0.2) is 4.39 Å². The van der Waals surface area contributed by atoms with Crippen molar-refractivity contribution in [3.05, 3.63) is 34.1 Å². The molecule has 1 fully saturated rings. The monoisotopic (exact) mass is 271 g/mol. The standard InChI is InChI=1S/C12H15BrFN/c1-2-8-9(6-12(8)15)10-5-7(13)3-4-11(10)14/h3-5,8-9,12H,2,6,15H2,1H3. The van der Waals surface area contributed by atoms with Crippen LogP contribution in [0.15, 0.2) is 22.7 Å². The molecule has 0 saturated heterocycles. The van der Waals surface area contributed by atoms with Crippen LogP contribution >= 0.6 is 15.9 Å². The first-order chi connectivity index (χ1) is 7.13. The van der Waals surface area contributed by atoms with Gasteiger partial charge in [0.25, 0.3) is 0 Å². The van der Waals surface area contributed by atoms with Gasteiger partial charge in [-0.2, -0.15) is 0 Å². The number of rotatable bonds is 2. The molecule has 0 amide bonds. The average Bonchev–Trinajstić information content (AvgIpc) is 2.19. The van der Waals surface area contributed by atoms with E-state index in [1.54, 1.807) is 6.07 Å². The van der Waals surface area contributed by atoms with E-state index in [0.29, 0.717) is 11.8 Å². The van der Waals surface area contributed by atoms with Gasteiger partial charge in [0.2, 0.25) is 0 Å². The molecule has 3 atom stereocenters. The van der Waals surface area contributed by atoms with Crippen molar-refractivity contribution >= 4 is 15.9 Å². The maximum absolute atomic E-state index is 13.6. The Kier molecular flexibility index (Phi) is 3.12. The molecule has 82 valence electrons. The third kappa shape index (κ3) is 1.95. The number of hydrogen-bond acceptors (Lipinski definition) is 1. The maximum atomic E-state index is 13.6. The summed E-state index contributed by atoms with van der Waals surface area (Å²) in [6, 6.07) is 5.39. The lowest BCUT2D eigenvalue weighted by molar-refractivity contribution is 0.194. The summed E-state index contributed by atoms with van der Waals surface area (Å²) >= 11 is 3.38. The molecule has 1 nitrogen and oxygen atoms in total. The quantitative estimate of drug-likeness (QED) is 0.877. The zero-order chi connectivity index (χ0) is 11.0. The molecule has 1 aliphatic carbocycles. The Labute approximate surface area is 98.0 Å². The largest absolute Gasteiger partial charge is 0.327 e. The fraction of sp³-hybridized carbons (Fsp3) is 0.500. The zero-order valence-corrected chi connectivity index (χ0v) is 10.3. The van der Waals surface area contributed by atoms with Crippen LogP contribution in [0.4, 0.5) is 4.39 Å². The van der Waals surface area contributed by atoms with Gasteiger partial charge in [0.05, 0.1) is 0 Å². The normalized spacial score (nSPS) is 30.0. The first-order valence-corrected chi connectivity index (χ1v) is 6.13. The number of hydrogen-bond donors (Lipinski definition) is 1. The van der Waals surface area contributed by atoms with Crippen LogP contribution in [-0.4, -0.2) is 6.04 Å². The molecule has 1 aromatic rings. The van der Waals surface area contributed by atoms with E-state index in [4.69, 9.17) is 5.73 Å². The summed E-state index contributed by atoms with van der Waals surface area (Å²) in [6.45, 7) is 2.12. The summed E-state index contributed by atoms with van der Waals surface area (Å²) in [5.74, 6) is 0.643. The molecule has 0 radical (unpaired) electrons. The molecule has 0 spiro atoms. The molecular weight excluding hydrogens is 257 g/mol. The molecule has 1 saturated carbocycles. The third-order valence-electron chi connectivity index (χ3n) is 3.42. The van der Waals surface area contributed by atoms with Crippen LogP contribution < -0.4 is 5.73 Å². The van der Waals surface area contributed by atoms with Crippen LogP contribution in [0.25, 0.3) is 0 Å². The Balaban J connectivity index is 2.26. The lowest BCUT2D eigenvalue weighted by Crippen LogP contribution is -2.45. The Morgan fingerprint density at radius 3 is 2.87 bits per heavy atom. The van der Waals surface area contributed by atoms with Gasteiger partial charge in [-0.15, -0.1) is 0 Å². The van der Waals surface area contributed by atoms with Gasteiger partial charge in [0.1, 0.15) is 5.82 Å². The fourth-order valence-electron chi connectivity index (χ4n) is 2.49. The van der Waals surface area contributed by atoms with E-state index in [9.17, 15) is 4.39 Å². The molecule has 2 rings (SSSR count). The smallest absolute Gasteiger partial charge is 0.126 e. The molecule has 0 heterocycles. The van der Waals surface area contributed by atoms with Gasteiger partial charge in [-0.05, 0) is 42.0 Å². The summed E-state index contributed by atoms with van der Waals surface area (Å²) in [4.78, 5) is 0. The van der Waals surface area contributed by atoms with Crippen LogP contribution in [-0.2, 0) is 0 Å². The molecule has 3 unspecified atom stereocenters. The third-order valence-corrected chi connectivity index (χ3v) is 3.92. The first-order valence-electron chi connectivity index (χ1n) is 5.34. The summed E-state index contributed by atoms with van der Waals surface area (Å²) in [5, 5.41) is 0. The van der Waals surface area contributed by atoms with Crippen molar-refractivity contribution in [3.63, 3.8) is 0 Å². The zero-order valence-electron chi connectivity index (χ0n) is 8.71. The van der Waals surface area contributed by atoms with Crippen molar-refractivity contribution in [1.29, 1.82) is 0 Å². The van der Waals surface area contributed by atoms with Crippen LogP contribution in [0.3, 0.4) is 0 Å². The first kappa shape index (κ1) is 11.1. The summed E-state index contributed by atoms with van der Waals surface area (Å²) < 4.78 is 14.6. The van der Waals surface area contributed by atoms with E-state index in [1.165, 1.54) is 6.07 Å². The topological polar surface area (TPSA) is 26.0 Å². The predicted octanol–water partition coefficient (Wildman–Crippen LogP) is 3.43. The minimum absolute atomic E-state index is 0.103. The van der Waals surface area contributed by atoms with Gasteiger partial charge in [0.15, 0.2) is 0 Å². The summed E-state index contributed by atoms with van der Waals surface area (Å²) in [7, 11) is 0. The number of benzene rings is 1. The SMILES string of the molecule is CCC1C(N)CC1c1cc(Br)ccc1F. The molecule has 0 bridgehead atoms. The minimum Gasteiger partial charge on any atom is -0.327 e. The van der Waals surface area contributed by atoms with Crippen molar-refractivity contribution in [1.82, 2.24) is 0 Å². The summed E-state index contributed by atoms with van der Waals surface area (Å²) in [5.41, 5.74) is 6.73. The van der Waals surface area contributed by atoms with Crippen LogP contribution in [0.1, 0.15) is 31.2 Å². The van der Waals surface area contributed by atoms with Crippen molar-refractivity contribution in [2.24, 2.45) is 11.7 Å². The Bertz CT molecular complexity index is 367. The highest BCUT2D eigenvalue weighted by molar-refractivity contribution is 9.10. The van der Waals surface area contributed by atoms with Gasteiger partial charge in [0, 0.05) is 10.5 Å². The van der Waals surface area contributed by atoms with Gasteiger partial charge >= 0.3 is 0 Å².